The van der Waals surface area contributed by atoms with Crippen LogP contribution in [-0.2, 0) is 0 Å². The first-order valence-electron chi connectivity index (χ1n) is 6.08. The van der Waals surface area contributed by atoms with Crippen LogP contribution in [0.3, 0.4) is 0 Å². The molecule has 18 heavy (non-hydrogen) atoms. The quantitative estimate of drug-likeness (QED) is 0.784. The lowest BCUT2D eigenvalue weighted by Gasteiger charge is -2.27. The molecule has 0 bridgehead atoms. The van der Waals surface area contributed by atoms with Crippen LogP contribution in [0.1, 0.15) is 30.3 Å². The standard InChI is InChI=1S/C12H18IN3O.ClH/c1-2-5-16(10-3-4-14-8-10)12(17)11-6-9(13)7-15-11;/h6-7,10,14-15H,2-5,8H2,1H3;1H. The molecule has 4 nitrogen and oxygen atoms in total. The molecule has 1 amide bonds. The Balaban J connectivity index is 0.00000162. The molecule has 1 aliphatic heterocycles. The minimum Gasteiger partial charge on any atom is -0.356 e. The van der Waals surface area contributed by atoms with Crippen molar-refractivity contribution < 1.29 is 4.79 Å². The second kappa shape index (κ2) is 7.35. The van der Waals surface area contributed by atoms with Gasteiger partial charge in [-0.2, -0.15) is 0 Å². The summed E-state index contributed by atoms with van der Waals surface area (Å²) in [7, 11) is 0. The van der Waals surface area contributed by atoms with Crippen LogP contribution in [0.5, 0.6) is 0 Å². The van der Waals surface area contributed by atoms with Gasteiger partial charge in [-0.3, -0.25) is 4.79 Å². The average Bonchev–Trinajstić information content (AvgIpc) is 2.95. The zero-order valence-electron chi connectivity index (χ0n) is 10.4. The van der Waals surface area contributed by atoms with Gasteiger partial charge in [0.25, 0.3) is 5.91 Å². The third-order valence-corrected chi connectivity index (χ3v) is 3.70. The smallest absolute Gasteiger partial charge is 0.270 e. The summed E-state index contributed by atoms with van der Waals surface area (Å²) >= 11 is 2.21. The fourth-order valence-electron chi connectivity index (χ4n) is 2.24. The Morgan fingerprint density at radius 3 is 2.89 bits per heavy atom. The number of nitrogens with zero attached hydrogens (tertiary/aromatic N) is 1. The van der Waals surface area contributed by atoms with E-state index in [9.17, 15) is 4.79 Å². The maximum Gasteiger partial charge on any atom is 0.270 e. The summed E-state index contributed by atoms with van der Waals surface area (Å²) in [6.45, 7) is 4.88. The molecule has 1 aromatic heterocycles. The van der Waals surface area contributed by atoms with Crippen LogP contribution in [0, 0.1) is 3.57 Å². The normalized spacial score (nSPS) is 18.4. The highest BCUT2D eigenvalue weighted by atomic mass is 127. The monoisotopic (exact) mass is 383 g/mol. The van der Waals surface area contributed by atoms with Crippen LogP contribution in [0.2, 0.25) is 0 Å². The number of aromatic amines is 1. The minimum atomic E-state index is 0. The van der Waals surface area contributed by atoms with Gasteiger partial charge in [-0.05, 0) is 48.0 Å². The summed E-state index contributed by atoms with van der Waals surface area (Å²) in [6, 6.07) is 2.26. The number of hydrogen-bond acceptors (Lipinski definition) is 2. The number of rotatable bonds is 4. The number of aromatic nitrogens is 1. The van der Waals surface area contributed by atoms with Crippen molar-refractivity contribution in [1.82, 2.24) is 15.2 Å². The van der Waals surface area contributed by atoms with Gasteiger partial charge in [-0.15, -0.1) is 12.4 Å². The lowest BCUT2D eigenvalue weighted by molar-refractivity contribution is 0.0687. The molecule has 0 aromatic carbocycles. The highest BCUT2D eigenvalue weighted by molar-refractivity contribution is 14.1. The summed E-state index contributed by atoms with van der Waals surface area (Å²) < 4.78 is 1.08. The van der Waals surface area contributed by atoms with Gasteiger partial charge in [0.15, 0.2) is 0 Å². The van der Waals surface area contributed by atoms with Gasteiger partial charge < -0.3 is 15.2 Å². The van der Waals surface area contributed by atoms with Crippen LogP contribution in [0.15, 0.2) is 12.3 Å². The Kier molecular flexibility index (Phi) is 6.45. The van der Waals surface area contributed by atoms with Crippen molar-refractivity contribution in [3.63, 3.8) is 0 Å². The molecule has 1 saturated heterocycles. The molecular formula is C12H19ClIN3O. The second-order valence-corrected chi connectivity index (χ2v) is 5.62. The van der Waals surface area contributed by atoms with Crippen molar-refractivity contribution >= 4 is 40.9 Å². The third-order valence-electron chi connectivity index (χ3n) is 3.08. The number of nitrogens with one attached hydrogen (secondary N) is 2. The second-order valence-electron chi connectivity index (χ2n) is 4.38. The van der Waals surface area contributed by atoms with Crippen molar-refractivity contribution in [3.05, 3.63) is 21.5 Å². The van der Waals surface area contributed by atoms with Gasteiger partial charge in [0.2, 0.25) is 0 Å². The van der Waals surface area contributed by atoms with E-state index in [0.29, 0.717) is 11.7 Å². The maximum absolute atomic E-state index is 12.4. The van der Waals surface area contributed by atoms with Gasteiger partial charge in [0.05, 0.1) is 0 Å². The van der Waals surface area contributed by atoms with Gasteiger partial charge in [0.1, 0.15) is 5.69 Å². The lowest BCUT2D eigenvalue weighted by Crippen LogP contribution is -2.42. The first-order chi connectivity index (χ1) is 8.22. The van der Waals surface area contributed by atoms with Crippen molar-refractivity contribution in [2.45, 2.75) is 25.8 Å². The van der Waals surface area contributed by atoms with Crippen LogP contribution in [0.25, 0.3) is 0 Å². The van der Waals surface area contributed by atoms with Gasteiger partial charge in [-0.25, -0.2) is 0 Å². The predicted molar refractivity (Wildman–Crippen MR) is 83.4 cm³/mol. The van der Waals surface area contributed by atoms with E-state index in [0.717, 1.165) is 36.0 Å². The van der Waals surface area contributed by atoms with E-state index in [4.69, 9.17) is 0 Å². The zero-order valence-corrected chi connectivity index (χ0v) is 13.4. The molecule has 0 radical (unpaired) electrons. The molecule has 1 unspecified atom stereocenters. The summed E-state index contributed by atoms with van der Waals surface area (Å²) in [5.74, 6) is 0.128. The Bertz CT molecular complexity index is 390. The Morgan fingerprint density at radius 1 is 1.61 bits per heavy atom. The van der Waals surface area contributed by atoms with E-state index in [1.807, 2.05) is 17.2 Å². The molecule has 0 aliphatic carbocycles. The molecule has 0 spiro atoms. The molecule has 2 N–H and O–H groups in total. The van der Waals surface area contributed by atoms with Crippen LogP contribution in [0.4, 0.5) is 0 Å². The average molecular weight is 384 g/mol. The number of hydrogen-bond donors (Lipinski definition) is 2. The van der Waals surface area contributed by atoms with Gasteiger partial charge >= 0.3 is 0 Å². The summed E-state index contributed by atoms with van der Waals surface area (Å²) in [4.78, 5) is 17.4. The van der Waals surface area contributed by atoms with Crippen molar-refractivity contribution in [2.75, 3.05) is 19.6 Å². The number of carbonyl (C=O) groups excluding carboxylic acids is 1. The molecule has 1 aromatic rings. The Labute approximate surface area is 127 Å². The van der Waals surface area contributed by atoms with Crippen LogP contribution < -0.4 is 5.32 Å². The van der Waals surface area contributed by atoms with E-state index in [1.54, 1.807) is 0 Å². The molecule has 1 atom stereocenters. The lowest BCUT2D eigenvalue weighted by atomic mass is 10.2. The maximum atomic E-state index is 12.4. The molecule has 0 saturated carbocycles. The molecule has 102 valence electrons. The summed E-state index contributed by atoms with van der Waals surface area (Å²) in [5, 5.41) is 3.32. The first-order valence-corrected chi connectivity index (χ1v) is 7.16. The third kappa shape index (κ3) is 3.61. The van der Waals surface area contributed by atoms with Crippen molar-refractivity contribution in [3.8, 4) is 0 Å². The van der Waals surface area contributed by atoms with Gasteiger partial charge in [-0.1, -0.05) is 6.92 Å². The number of H-pyrrole nitrogens is 1. The van der Waals surface area contributed by atoms with Crippen LogP contribution in [-0.4, -0.2) is 41.5 Å². The predicted octanol–water partition coefficient (Wildman–Crippen LogP) is 2.26. The minimum absolute atomic E-state index is 0. The van der Waals surface area contributed by atoms with E-state index < -0.39 is 0 Å². The topological polar surface area (TPSA) is 48.1 Å². The molecule has 2 heterocycles. The van der Waals surface area contributed by atoms with E-state index in [1.165, 1.54) is 0 Å². The molecule has 1 aliphatic rings. The largest absolute Gasteiger partial charge is 0.356 e. The summed E-state index contributed by atoms with van der Waals surface area (Å²) in [6.07, 6.45) is 3.92. The highest BCUT2D eigenvalue weighted by Crippen LogP contribution is 2.15. The van der Waals surface area contributed by atoms with E-state index in [2.05, 4.69) is 39.8 Å². The molecule has 2 rings (SSSR count). The van der Waals surface area contributed by atoms with Crippen molar-refractivity contribution in [1.29, 1.82) is 0 Å². The number of carbonyl (C=O) groups is 1. The molecule has 1 fully saturated rings. The molecular weight excluding hydrogens is 365 g/mol. The first kappa shape index (κ1) is 15.8. The number of halogens is 2. The van der Waals surface area contributed by atoms with Crippen LogP contribution >= 0.6 is 35.0 Å². The van der Waals surface area contributed by atoms with Crippen molar-refractivity contribution in [2.24, 2.45) is 0 Å². The number of amides is 1. The fraction of sp³-hybridized carbons (Fsp3) is 0.583. The van der Waals surface area contributed by atoms with E-state index in [-0.39, 0.29) is 18.3 Å². The zero-order chi connectivity index (χ0) is 12.3. The highest BCUT2D eigenvalue weighted by Gasteiger charge is 2.27. The SMILES string of the molecule is CCCN(C(=O)c1cc(I)c[nH]1)C1CCNC1.Cl. The fourth-order valence-corrected chi connectivity index (χ4v) is 2.71. The Hall–Kier alpha value is -0.270. The molecule has 6 heteroatoms. The summed E-state index contributed by atoms with van der Waals surface area (Å²) in [5.41, 5.74) is 0.703. The van der Waals surface area contributed by atoms with E-state index >= 15 is 0 Å². The van der Waals surface area contributed by atoms with Gasteiger partial charge in [0, 0.05) is 28.9 Å². The Morgan fingerprint density at radius 2 is 2.39 bits per heavy atom.